The van der Waals surface area contributed by atoms with Crippen LogP contribution in [0.3, 0.4) is 0 Å². The van der Waals surface area contributed by atoms with Crippen molar-refractivity contribution < 1.29 is 4.79 Å². The smallest absolute Gasteiger partial charge is 0.254 e. The van der Waals surface area contributed by atoms with Gasteiger partial charge < -0.3 is 4.90 Å². The molecule has 2 aromatic carbocycles. The molecule has 146 valence electrons. The van der Waals surface area contributed by atoms with Gasteiger partial charge in [0.1, 0.15) is 5.15 Å². The molecular formula is C23H21ClN4O. The lowest BCUT2D eigenvalue weighted by Crippen LogP contribution is -2.48. The van der Waals surface area contributed by atoms with Crippen LogP contribution in [0.2, 0.25) is 5.15 Å². The van der Waals surface area contributed by atoms with Gasteiger partial charge in [-0.05, 0) is 55.7 Å². The van der Waals surface area contributed by atoms with Crippen molar-refractivity contribution in [1.82, 2.24) is 15.1 Å². The number of aromatic amines is 1. The largest absolute Gasteiger partial charge is 0.337 e. The van der Waals surface area contributed by atoms with Gasteiger partial charge >= 0.3 is 0 Å². The first-order valence-electron chi connectivity index (χ1n) is 9.50. The van der Waals surface area contributed by atoms with Crippen LogP contribution in [-0.4, -0.2) is 34.1 Å². The first-order chi connectivity index (χ1) is 13.9. The van der Waals surface area contributed by atoms with E-state index in [1.165, 1.54) is 0 Å². The molecule has 0 saturated carbocycles. The molecule has 0 aliphatic carbocycles. The molecule has 6 heteroatoms. The quantitative estimate of drug-likeness (QED) is 0.683. The summed E-state index contributed by atoms with van der Waals surface area (Å²) >= 11 is 6.13. The summed E-state index contributed by atoms with van der Waals surface area (Å²) in [5.74, 6) is 0.345. The highest BCUT2D eigenvalue weighted by Crippen LogP contribution is 2.33. The van der Waals surface area contributed by atoms with E-state index in [0.29, 0.717) is 35.3 Å². The lowest BCUT2D eigenvalue weighted by atomic mass is 9.89. The Kier molecular flexibility index (Phi) is 4.89. The summed E-state index contributed by atoms with van der Waals surface area (Å²) in [6, 6.07) is 13.7. The van der Waals surface area contributed by atoms with Gasteiger partial charge in [-0.15, -0.1) is 0 Å². The molecule has 0 atom stereocenters. The minimum Gasteiger partial charge on any atom is -0.337 e. The summed E-state index contributed by atoms with van der Waals surface area (Å²) in [5, 5.41) is 16.6. The number of nitriles is 1. The molecule has 1 aromatic heterocycles. The monoisotopic (exact) mass is 404 g/mol. The second kappa shape index (κ2) is 7.38. The van der Waals surface area contributed by atoms with Crippen LogP contribution in [0.5, 0.6) is 0 Å². The molecule has 1 fully saturated rings. The summed E-state index contributed by atoms with van der Waals surface area (Å²) < 4.78 is 0. The number of H-pyrrole nitrogens is 1. The number of hydrogen-bond acceptors (Lipinski definition) is 3. The highest BCUT2D eigenvalue weighted by atomic mass is 35.5. The minimum absolute atomic E-state index is 0.0351. The highest BCUT2D eigenvalue weighted by Gasteiger charge is 2.33. The van der Waals surface area contributed by atoms with Crippen molar-refractivity contribution in [2.45, 2.75) is 26.7 Å². The molecule has 1 N–H and O–H groups in total. The molecule has 29 heavy (non-hydrogen) atoms. The Balaban J connectivity index is 1.56. The molecule has 5 nitrogen and oxygen atoms in total. The van der Waals surface area contributed by atoms with Gasteiger partial charge in [-0.25, -0.2) is 0 Å². The molecule has 0 unspecified atom stereocenters. The fourth-order valence-electron chi connectivity index (χ4n) is 3.83. The van der Waals surface area contributed by atoms with Crippen LogP contribution in [0.15, 0.2) is 36.4 Å². The molecule has 2 heterocycles. The molecular weight excluding hydrogens is 384 g/mol. The number of nitrogens with zero attached hydrogens (tertiary/aromatic N) is 3. The van der Waals surface area contributed by atoms with Crippen LogP contribution < -0.4 is 0 Å². The zero-order valence-corrected chi connectivity index (χ0v) is 17.3. The number of likely N-dealkylation sites (tertiary alicyclic amines) is 1. The number of amides is 1. The Morgan fingerprint density at radius 1 is 1.17 bits per heavy atom. The summed E-state index contributed by atoms with van der Waals surface area (Å²) in [4.78, 5) is 15.0. The minimum atomic E-state index is 0.0351. The van der Waals surface area contributed by atoms with Crippen LogP contribution in [-0.2, 0) is 0 Å². The van der Waals surface area contributed by atoms with Crippen molar-refractivity contribution in [3.63, 3.8) is 0 Å². The summed E-state index contributed by atoms with van der Waals surface area (Å²) in [6.07, 6.45) is 0. The third kappa shape index (κ3) is 3.41. The van der Waals surface area contributed by atoms with Crippen LogP contribution in [0.4, 0.5) is 0 Å². The molecule has 0 spiro atoms. The number of aryl methyl sites for hydroxylation is 2. The lowest BCUT2D eigenvalue weighted by Gasteiger charge is -2.40. The average molecular weight is 405 g/mol. The second-order valence-electron chi connectivity index (χ2n) is 7.63. The number of carbonyl (C=O) groups excluding carboxylic acids is 1. The summed E-state index contributed by atoms with van der Waals surface area (Å²) in [7, 11) is 0. The maximum Gasteiger partial charge on any atom is 0.254 e. The van der Waals surface area contributed by atoms with Crippen molar-refractivity contribution in [2.24, 2.45) is 0 Å². The standard InChI is InChI=1S/C23H21ClN4O/c1-13-8-14(2)20(9-19(13)21-15(3)22(24)27-26-21)23(29)28-11-18(12-28)17-6-4-16(10-25)5-7-17/h4-9,18H,11-12H2,1-3H3,(H,26,27). The number of aromatic nitrogens is 2. The zero-order valence-electron chi connectivity index (χ0n) is 16.6. The highest BCUT2D eigenvalue weighted by molar-refractivity contribution is 6.30. The third-order valence-corrected chi connectivity index (χ3v) is 6.06. The van der Waals surface area contributed by atoms with Crippen LogP contribution in [0.1, 0.15) is 44.1 Å². The van der Waals surface area contributed by atoms with Crippen molar-refractivity contribution >= 4 is 17.5 Å². The maximum atomic E-state index is 13.1. The number of hydrogen-bond donors (Lipinski definition) is 1. The van der Waals surface area contributed by atoms with E-state index < -0.39 is 0 Å². The fraction of sp³-hybridized carbons (Fsp3) is 0.261. The van der Waals surface area contributed by atoms with E-state index in [1.807, 2.05) is 62.1 Å². The van der Waals surface area contributed by atoms with Crippen LogP contribution in [0.25, 0.3) is 11.3 Å². The van der Waals surface area contributed by atoms with Gasteiger partial charge in [-0.3, -0.25) is 9.89 Å². The van der Waals surface area contributed by atoms with Crippen molar-refractivity contribution in [1.29, 1.82) is 5.26 Å². The summed E-state index contributed by atoms with van der Waals surface area (Å²) in [6.45, 7) is 7.26. The van der Waals surface area contributed by atoms with Gasteiger partial charge in [0.05, 0.1) is 17.3 Å². The Hall–Kier alpha value is -3.10. The van der Waals surface area contributed by atoms with Crippen LogP contribution in [0, 0.1) is 32.1 Å². The van der Waals surface area contributed by atoms with Crippen molar-refractivity contribution in [3.05, 3.63) is 74.9 Å². The number of nitrogens with one attached hydrogen (secondary N) is 1. The van der Waals surface area contributed by atoms with Gasteiger partial charge in [0, 0.05) is 35.7 Å². The SMILES string of the molecule is Cc1cc(C)c(-c2n[nH]c(Cl)c2C)cc1C(=O)N1CC(c2ccc(C#N)cc2)C1. The first kappa shape index (κ1) is 19.2. The number of carbonyl (C=O) groups is 1. The molecule has 0 radical (unpaired) electrons. The molecule has 0 bridgehead atoms. The van der Waals surface area contributed by atoms with Gasteiger partial charge in [0.15, 0.2) is 0 Å². The zero-order chi connectivity index (χ0) is 20.7. The molecule has 3 aromatic rings. The number of benzene rings is 2. The Morgan fingerprint density at radius 2 is 1.86 bits per heavy atom. The van der Waals surface area contributed by atoms with Gasteiger partial charge in [-0.1, -0.05) is 29.8 Å². The number of rotatable bonds is 3. The van der Waals surface area contributed by atoms with Crippen molar-refractivity contribution in [3.8, 4) is 17.3 Å². The van der Waals surface area contributed by atoms with E-state index in [4.69, 9.17) is 16.9 Å². The Labute approximate surface area is 174 Å². The van der Waals surface area contributed by atoms with E-state index >= 15 is 0 Å². The van der Waals surface area contributed by atoms with Gasteiger partial charge in [-0.2, -0.15) is 10.4 Å². The third-order valence-electron chi connectivity index (χ3n) is 5.69. The normalized spacial score (nSPS) is 13.8. The molecule has 1 saturated heterocycles. The van der Waals surface area contributed by atoms with E-state index in [0.717, 1.165) is 33.5 Å². The van der Waals surface area contributed by atoms with E-state index in [1.54, 1.807) is 0 Å². The Morgan fingerprint density at radius 3 is 2.45 bits per heavy atom. The maximum absolute atomic E-state index is 13.1. The molecule has 4 rings (SSSR count). The molecule has 1 aliphatic heterocycles. The van der Waals surface area contributed by atoms with E-state index in [2.05, 4.69) is 16.3 Å². The Bertz CT molecular complexity index is 1130. The molecule has 1 amide bonds. The predicted molar refractivity (Wildman–Crippen MR) is 113 cm³/mol. The van der Waals surface area contributed by atoms with E-state index in [-0.39, 0.29) is 5.91 Å². The predicted octanol–water partition coefficient (Wildman–Crippen LogP) is 4.77. The second-order valence-corrected chi connectivity index (χ2v) is 8.01. The van der Waals surface area contributed by atoms with E-state index in [9.17, 15) is 4.79 Å². The summed E-state index contributed by atoms with van der Waals surface area (Å²) in [5.41, 5.74) is 7.10. The number of halogens is 1. The average Bonchev–Trinajstić information content (AvgIpc) is 3.00. The molecule has 1 aliphatic rings. The van der Waals surface area contributed by atoms with Crippen molar-refractivity contribution in [2.75, 3.05) is 13.1 Å². The van der Waals surface area contributed by atoms with Gasteiger partial charge in [0.25, 0.3) is 5.91 Å². The van der Waals surface area contributed by atoms with Crippen LogP contribution >= 0.6 is 11.6 Å². The fourth-order valence-corrected chi connectivity index (χ4v) is 3.96. The lowest BCUT2D eigenvalue weighted by molar-refractivity contribution is 0.0601. The topological polar surface area (TPSA) is 72.8 Å². The van der Waals surface area contributed by atoms with Gasteiger partial charge in [0.2, 0.25) is 0 Å². The first-order valence-corrected chi connectivity index (χ1v) is 9.88.